The van der Waals surface area contributed by atoms with Crippen LogP contribution in [-0.4, -0.2) is 102 Å². The maximum absolute atomic E-state index is 15.2. The van der Waals surface area contributed by atoms with Gasteiger partial charge in [0, 0.05) is 32.5 Å². The summed E-state index contributed by atoms with van der Waals surface area (Å²) >= 11 is 0. The van der Waals surface area contributed by atoms with Crippen LogP contribution in [0.4, 0.5) is 0 Å². The van der Waals surface area contributed by atoms with Crippen LogP contribution < -0.4 is 0 Å². The van der Waals surface area contributed by atoms with E-state index < -0.39 is 76.8 Å². The lowest BCUT2D eigenvalue weighted by molar-refractivity contribution is -0.227. The number of carbonyl (C=O) groups is 2. The summed E-state index contributed by atoms with van der Waals surface area (Å²) in [6.45, 7) is 35.7. The van der Waals surface area contributed by atoms with Crippen molar-refractivity contribution >= 4 is 28.6 Å². The zero-order chi connectivity index (χ0) is 47.6. The third-order valence-corrected chi connectivity index (χ3v) is 23.1. The lowest BCUT2D eigenvalue weighted by Gasteiger charge is -2.43. The Balaban J connectivity index is 2.85. The number of esters is 2. The third-order valence-electron chi connectivity index (χ3n) is 13.8. The van der Waals surface area contributed by atoms with Gasteiger partial charge in [-0.25, -0.2) is 4.79 Å². The summed E-state index contributed by atoms with van der Waals surface area (Å²) < 4.78 is 58.7. The van der Waals surface area contributed by atoms with Gasteiger partial charge in [-0.1, -0.05) is 93.0 Å². The molecule has 1 fully saturated rings. The highest BCUT2D eigenvalue weighted by atomic mass is 28.4. The number of allylic oxidation sites excluding steroid dienone is 2. The number of rotatable bonds is 27. The number of cyclic esters (lactones) is 1. The first kappa shape index (κ1) is 57.4. The molecular weight excluding hydrogens is 833 g/mol. The molecule has 63 heavy (non-hydrogen) atoms. The van der Waals surface area contributed by atoms with Crippen molar-refractivity contribution < 1.29 is 51.6 Å². The average molecular weight is 925 g/mol. The van der Waals surface area contributed by atoms with E-state index >= 15 is 4.79 Å². The normalized spacial score (nSPS) is 29.5. The van der Waals surface area contributed by atoms with Crippen LogP contribution in [0.5, 0.6) is 0 Å². The summed E-state index contributed by atoms with van der Waals surface area (Å²) in [7, 11) is -4.73. The molecule has 0 aliphatic carbocycles. The number of carbonyl (C=O) groups excluding carboxylic acids is 2. The van der Waals surface area contributed by atoms with Crippen molar-refractivity contribution in [1.29, 1.82) is 0 Å². The summed E-state index contributed by atoms with van der Waals surface area (Å²) in [4.78, 5) is 28.0. The molecule has 0 aromatic carbocycles. The standard InChI is InChI=1S/C50H92O11Si2/c1-18-28-36(10)46-43(56-46)35-49(16,58-40(14)53-19-2)33-27-29-37(11)45-38(12)30-31-44(55-39(13)51)50(17,59-41(15)54-20-3)34-32-42(60-62(21-4,22-5)23-6)47(48(52)57-45)61-63(24-7,25-8)26-9/h27,29-31,33,36,38,40-47H,18-26,28,32,34-35H2,1-17H3/b31-30+,33-27+,37-29+. The van der Waals surface area contributed by atoms with Crippen LogP contribution in [0, 0.1) is 11.8 Å². The number of epoxide rings is 1. The van der Waals surface area contributed by atoms with E-state index in [1.165, 1.54) is 6.92 Å². The maximum Gasteiger partial charge on any atom is 0.337 e. The zero-order valence-electron chi connectivity index (χ0n) is 42.8. The molecule has 0 N–H and O–H groups in total. The number of hydrogen-bond donors (Lipinski definition) is 0. The van der Waals surface area contributed by atoms with E-state index in [1.54, 1.807) is 0 Å². The minimum Gasteiger partial charge on any atom is -0.455 e. The summed E-state index contributed by atoms with van der Waals surface area (Å²) in [5.41, 5.74) is -0.891. The van der Waals surface area contributed by atoms with Gasteiger partial charge in [-0.2, -0.15) is 0 Å². The second-order valence-corrected chi connectivity index (χ2v) is 28.1. The molecule has 0 aromatic heterocycles. The minimum absolute atomic E-state index is 0.0981. The van der Waals surface area contributed by atoms with E-state index in [4.69, 9.17) is 42.0 Å². The van der Waals surface area contributed by atoms with Crippen molar-refractivity contribution in [2.45, 2.75) is 246 Å². The van der Waals surface area contributed by atoms with Crippen molar-refractivity contribution in [1.82, 2.24) is 0 Å². The van der Waals surface area contributed by atoms with Crippen molar-refractivity contribution in [3.05, 3.63) is 36.0 Å². The van der Waals surface area contributed by atoms with Crippen LogP contribution >= 0.6 is 0 Å². The molecule has 13 heteroatoms. The Hall–Kier alpha value is -1.69. The highest BCUT2D eigenvalue weighted by Gasteiger charge is 2.48. The second-order valence-electron chi connectivity index (χ2n) is 18.6. The Bertz CT molecular complexity index is 1430. The van der Waals surface area contributed by atoms with Gasteiger partial charge in [-0.05, 0) is 122 Å². The molecule has 2 heterocycles. The molecule has 12 unspecified atom stereocenters. The largest absolute Gasteiger partial charge is 0.455 e. The molecule has 0 spiro atoms. The molecule has 0 aromatic rings. The first-order valence-corrected chi connectivity index (χ1v) is 29.8. The smallest absolute Gasteiger partial charge is 0.337 e. The predicted molar refractivity (Wildman–Crippen MR) is 259 cm³/mol. The molecule has 0 bridgehead atoms. The van der Waals surface area contributed by atoms with Crippen molar-refractivity contribution in [3.8, 4) is 0 Å². The van der Waals surface area contributed by atoms with Gasteiger partial charge in [0.25, 0.3) is 0 Å². The van der Waals surface area contributed by atoms with Gasteiger partial charge < -0.3 is 42.0 Å². The van der Waals surface area contributed by atoms with Crippen LogP contribution in [0.2, 0.25) is 36.3 Å². The van der Waals surface area contributed by atoms with E-state index in [0.29, 0.717) is 38.4 Å². The summed E-state index contributed by atoms with van der Waals surface area (Å²) in [5.74, 6) is -0.705. The molecule has 12 atom stereocenters. The highest BCUT2D eigenvalue weighted by molar-refractivity contribution is 6.74. The predicted octanol–water partition coefficient (Wildman–Crippen LogP) is 12.0. The quantitative estimate of drug-likeness (QED) is 0.0195. The van der Waals surface area contributed by atoms with Gasteiger partial charge >= 0.3 is 11.9 Å². The van der Waals surface area contributed by atoms with Gasteiger partial charge in [-0.3, -0.25) is 4.79 Å². The van der Waals surface area contributed by atoms with Crippen LogP contribution in [0.25, 0.3) is 0 Å². The SMILES string of the molecule is CCCC(C)C1OC1CC(C)(/C=C/C=C(\C)C1OC(=O)C(O[Si](CC)(CC)CC)C(O[Si](CC)(CC)CC)CCC(C)(OC(C)OCC)C(OC(C)=O)/C=C/C1C)OC(C)OCC. The Morgan fingerprint density at radius 3 is 2.00 bits per heavy atom. The topological polar surface area (TPSA) is 121 Å². The van der Waals surface area contributed by atoms with Gasteiger partial charge in [-0.15, -0.1) is 0 Å². The molecule has 0 amide bonds. The van der Waals surface area contributed by atoms with Crippen LogP contribution in [0.1, 0.15) is 150 Å². The van der Waals surface area contributed by atoms with E-state index in [9.17, 15) is 4.79 Å². The first-order valence-electron chi connectivity index (χ1n) is 24.7. The van der Waals surface area contributed by atoms with Crippen molar-refractivity contribution in [2.75, 3.05) is 13.2 Å². The zero-order valence-corrected chi connectivity index (χ0v) is 44.8. The van der Waals surface area contributed by atoms with Crippen molar-refractivity contribution in [3.63, 3.8) is 0 Å². The van der Waals surface area contributed by atoms with Crippen LogP contribution in [0.3, 0.4) is 0 Å². The van der Waals surface area contributed by atoms with Gasteiger partial charge in [0.05, 0.1) is 23.9 Å². The fourth-order valence-electron chi connectivity index (χ4n) is 9.36. The number of ether oxygens (including phenoxy) is 7. The lowest BCUT2D eigenvalue weighted by Crippen LogP contribution is -2.54. The molecule has 2 aliphatic heterocycles. The lowest BCUT2D eigenvalue weighted by atomic mass is 9.88. The molecule has 366 valence electrons. The average Bonchev–Trinajstić information content (AvgIpc) is 4.00. The minimum atomic E-state index is -2.41. The molecule has 2 rings (SSSR count). The van der Waals surface area contributed by atoms with Crippen LogP contribution in [-0.2, 0) is 51.6 Å². The monoisotopic (exact) mass is 925 g/mol. The second kappa shape index (κ2) is 27.2. The van der Waals surface area contributed by atoms with Crippen molar-refractivity contribution in [2.24, 2.45) is 11.8 Å². The fourth-order valence-corrected chi connectivity index (χ4v) is 15.0. The molecule has 1 saturated heterocycles. The Kier molecular flexibility index (Phi) is 24.8. The van der Waals surface area contributed by atoms with E-state index in [1.807, 2.05) is 72.8 Å². The summed E-state index contributed by atoms with van der Waals surface area (Å²) in [5, 5.41) is 0. The first-order chi connectivity index (χ1) is 29.7. The summed E-state index contributed by atoms with van der Waals surface area (Å²) in [6.07, 6.45) is 9.92. The Morgan fingerprint density at radius 1 is 0.889 bits per heavy atom. The molecular formula is C50H92O11Si2. The molecule has 0 radical (unpaired) electrons. The number of hydrogen-bond acceptors (Lipinski definition) is 11. The Labute approximate surface area is 386 Å². The van der Waals surface area contributed by atoms with E-state index in [-0.39, 0.29) is 18.1 Å². The third kappa shape index (κ3) is 17.5. The van der Waals surface area contributed by atoms with Gasteiger partial charge in [0.15, 0.2) is 35.3 Å². The van der Waals surface area contributed by atoms with Gasteiger partial charge in [0.2, 0.25) is 0 Å². The highest BCUT2D eigenvalue weighted by Crippen LogP contribution is 2.40. The van der Waals surface area contributed by atoms with E-state index in [0.717, 1.165) is 54.7 Å². The molecule has 0 saturated carbocycles. The van der Waals surface area contributed by atoms with Crippen LogP contribution in [0.15, 0.2) is 36.0 Å². The van der Waals surface area contributed by atoms with E-state index in [2.05, 4.69) is 68.4 Å². The summed E-state index contributed by atoms with van der Waals surface area (Å²) in [6, 6.07) is 5.26. The van der Waals surface area contributed by atoms with Gasteiger partial charge in [0.1, 0.15) is 17.8 Å². The molecule has 2 aliphatic rings. The maximum atomic E-state index is 15.2. The Morgan fingerprint density at radius 2 is 1.46 bits per heavy atom. The fraction of sp³-hybridized carbons (Fsp3) is 0.840. The molecule has 11 nitrogen and oxygen atoms in total.